The van der Waals surface area contributed by atoms with Crippen LogP contribution < -0.4 is 5.73 Å². The first-order valence-electron chi connectivity index (χ1n) is 5.91. The summed E-state index contributed by atoms with van der Waals surface area (Å²) in [5.41, 5.74) is 8.70. The van der Waals surface area contributed by atoms with E-state index in [1.165, 1.54) is 0 Å². The van der Waals surface area contributed by atoms with Crippen molar-refractivity contribution in [2.24, 2.45) is 0 Å². The highest BCUT2D eigenvalue weighted by molar-refractivity contribution is 6.30. The Morgan fingerprint density at radius 1 is 0.947 bits per heavy atom. The van der Waals surface area contributed by atoms with Crippen LogP contribution in [0.25, 0.3) is 16.9 Å². The Hall–Kier alpha value is -2.26. The molecule has 1 heterocycles. The number of rotatable bonds is 2. The van der Waals surface area contributed by atoms with Crippen LogP contribution in [0.15, 0.2) is 60.7 Å². The van der Waals surface area contributed by atoms with Crippen LogP contribution in [0.4, 0.5) is 5.82 Å². The molecular weight excluding hydrogens is 258 g/mol. The van der Waals surface area contributed by atoms with E-state index in [-0.39, 0.29) is 0 Å². The molecule has 1 aromatic heterocycles. The van der Waals surface area contributed by atoms with Crippen molar-refractivity contribution in [3.05, 3.63) is 65.7 Å². The van der Waals surface area contributed by atoms with Gasteiger partial charge in [-0.05, 0) is 24.3 Å². The summed E-state index contributed by atoms with van der Waals surface area (Å²) in [5, 5.41) is 5.03. The fraction of sp³-hybridized carbons (Fsp3) is 0. The summed E-state index contributed by atoms with van der Waals surface area (Å²) >= 11 is 6.04. The van der Waals surface area contributed by atoms with Crippen LogP contribution in [0.5, 0.6) is 0 Å². The van der Waals surface area contributed by atoms with Crippen LogP contribution in [-0.4, -0.2) is 9.78 Å². The zero-order chi connectivity index (χ0) is 13.2. The van der Waals surface area contributed by atoms with Gasteiger partial charge in [-0.3, -0.25) is 0 Å². The molecule has 94 valence electrons. The van der Waals surface area contributed by atoms with Crippen LogP contribution in [-0.2, 0) is 0 Å². The van der Waals surface area contributed by atoms with E-state index in [1.807, 2.05) is 65.3 Å². The third-order valence-electron chi connectivity index (χ3n) is 2.85. The second-order valence-electron chi connectivity index (χ2n) is 4.21. The molecule has 0 saturated carbocycles. The fourth-order valence-corrected chi connectivity index (χ4v) is 2.21. The van der Waals surface area contributed by atoms with E-state index in [9.17, 15) is 0 Å². The highest BCUT2D eigenvalue weighted by Gasteiger charge is 2.10. The standard InChI is InChI=1S/C15H12ClN3/c16-12-6-4-5-11(9-12)14-10-15(17)18-19(14)13-7-2-1-3-8-13/h1-10H,(H2,17,18). The number of aromatic nitrogens is 2. The van der Waals surface area contributed by atoms with Gasteiger partial charge < -0.3 is 5.73 Å². The predicted octanol–water partition coefficient (Wildman–Crippen LogP) is 3.77. The maximum absolute atomic E-state index is 6.04. The molecule has 3 aromatic rings. The molecule has 0 aliphatic rings. The van der Waals surface area contributed by atoms with Gasteiger partial charge in [-0.1, -0.05) is 41.9 Å². The molecular formula is C15H12ClN3. The summed E-state index contributed by atoms with van der Waals surface area (Å²) in [6.07, 6.45) is 0. The van der Waals surface area contributed by atoms with Crippen LogP contribution in [0.2, 0.25) is 5.02 Å². The van der Waals surface area contributed by atoms with E-state index in [0.717, 1.165) is 16.9 Å². The molecule has 0 amide bonds. The van der Waals surface area contributed by atoms with Gasteiger partial charge in [-0.15, -0.1) is 0 Å². The van der Waals surface area contributed by atoms with Crippen molar-refractivity contribution >= 4 is 17.4 Å². The van der Waals surface area contributed by atoms with Crippen LogP contribution in [0.3, 0.4) is 0 Å². The summed E-state index contributed by atoms with van der Waals surface area (Å²) in [4.78, 5) is 0. The lowest BCUT2D eigenvalue weighted by atomic mass is 10.1. The van der Waals surface area contributed by atoms with Gasteiger partial charge in [0.05, 0.1) is 11.4 Å². The van der Waals surface area contributed by atoms with E-state index >= 15 is 0 Å². The van der Waals surface area contributed by atoms with E-state index < -0.39 is 0 Å². The van der Waals surface area contributed by atoms with Crippen molar-refractivity contribution in [1.29, 1.82) is 0 Å². The first-order valence-corrected chi connectivity index (χ1v) is 6.29. The molecule has 0 spiro atoms. The Morgan fingerprint density at radius 2 is 1.74 bits per heavy atom. The van der Waals surface area contributed by atoms with Gasteiger partial charge >= 0.3 is 0 Å². The number of nitrogens with two attached hydrogens (primary N) is 1. The number of halogens is 1. The van der Waals surface area contributed by atoms with Crippen LogP contribution in [0.1, 0.15) is 0 Å². The summed E-state index contributed by atoms with van der Waals surface area (Å²) < 4.78 is 1.82. The molecule has 0 unspecified atom stereocenters. The molecule has 2 aromatic carbocycles. The summed E-state index contributed by atoms with van der Waals surface area (Å²) in [6.45, 7) is 0. The Balaban J connectivity index is 2.18. The zero-order valence-electron chi connectivity index (χ0n) is 10.1. The monoisotopic (exact) mass is 269 g/mol. The third-order valence-corrected chi connectivity index (χ3v) is 3.08. The topological polar surface area (TPSA) is 43.8 Å². The molecule has 4 heteroatoms. The lowest BCUT2D eigenvalue weighted by Gasteiger charge is -2.07. The number of hydrogen-bond donors (Lipinski definition) is 1. The molecule has 3 nitrogen and oxygen atoms in total. The maximum Gasteiger partial charge on any atom is 0.146 e. The minimum absolute atomic E-state index is 0.485. The number of para-hydroxylation sites is 1. The number of nitrogens with zero attached hydrogens (tertiary/aromatic N) is 2. The second kappa shape index (κ2) is 4.78. The minimum atomic E-state index is 0.485. The van der Waals surface area contributed by atoms with Gasteiger partial charge in [0.25, 0.3) is 0 Å². The Labute approximate surface area is 116 Å². The maximum atomic E-state index is 6.04. The molecule has 19 heavy (non-hydrogen) atoms. The third kappa shape index (κ3) is 2.33. The van der Waals surface area contributed by atoms with Crippen molar-refractivity contribution in [2.75, 3.05) is 5.73 Å². The quantitative estimate of drug-likeness (QED) is 0.769. The molecule has 0 aliphatic heterocycles. The molecule has 0 atom stereocenters. The van der Waals surface area contributed by atoms with Gasteiger partial charge in [0, 0.05) is 16.7 Å². The van der Waals surface area contributed by atoms with Gasteiger partial charge in [0.15, 0.2) is 0 Å². The molecule has 2 N–H and O–H groups in total. The Morgan fingerprint density at radius 3 is 2.47 bits per heavy atom. The first kappa shape index (κ1) is 11.8. The molecule has 0 bridgehead atoms. The Kier molecular flexibility index (Phi) is 2.97. The zero-order valence-corrected chi connectivity index (χ0v) is 10.9. The van der Waals surface area contributed by atoms with Gasteiger partial charge in [0.2, 0.25) is 0 Å². The van der Waals surface area contributed by atoms with Crippen LogP contribution >= 0.6 is 11.6 Å². The fourth-order valence-electron chi connectivity index (χ4n) is 2.02. The minimum Gasteiger partial charge on any atom is -0.382 e. The number of hydrogen-bond acceptors (Lipinski definition) is 2. The average Bonchev–Trinajstić information content (AvgIpc) is 2.82. The number of benzene rings is 2. The van der Waals surface area contributed by atoms with Crippen molar-refractivity contribution in [3.8, 4) is 16.9 Å². The van der Waals surface area contributed by atoms with E-state index in [4.69, 9.17) is 17.3 Å². The molecule has 0 fully saturated rings. The summed E-state index contributed by atoms with van der Waals surface area (Å²) in [6, 6.07) is 19.4. The Bertz CT molecular complexity index is 704. The van der Waals surface area contributed by atoms with E-state index in [0.29, 0.717) is 10.8 Å². The van der Waals surface area contributed by atoms with Gasteiger partial charge in [0.1, 0.15) is 5.82 Å². The molecule has 0 radical (unpaired) electrons. The highest BCUT2D eigenvalue weighted by atomic mass is 35.5. The predicted molar refractivity (Wildman–Crippen MR) is 78.4 cm³/mol. The van der Waals surface area contributed by atoms with Crippen molar-refractivity contribution < 1.29 is 0 Å². The van der Waals surface area contributed by atoms with Gasteiger partial charge in [-0.2, -0.15) is 5.10 Å². The second-order valence-corrected chi connectivity index (χ2v) is 4.65. The normalized spacial score (nSPS) is 10.6. The number of nitrogen functional groups attached to an aromatic ring is 1. The lowest BCUT2D eigenvalue weighted by Crippen LogP contribution is -1.99. The van der Waals surface area contributed by atoms with E-state index in [2.05, 4.69) is 5.10 Å². The molecule has 0 aliphatic carbocycles. The molecule has 3 rings (SSSR count). The van der Waals surface area contributed by atoms with Gasteiger partial charge in [-0.25, -0.2) is 4.68 Å². The van der Waals surface area contributed by atoms with Crippen molar-refractivity contribution in [2.45, 2.75) is 0 Å². The van der Waals surface area contributed by atoms with Crippen molar-refractivity contribution in [3.63, 3.8) is 0 Å². The van der Waals surface area contributed by atoms with Crippen LogP contribution in [0, 0.1) is 0 Å². The largest absolute Gasteiger partial charge is 0.382 e. The van der Waals surface area contributed by atoms with Crippen molar-refractivity contribution in [1.82, 2.24) is 9.78 Å². The first-order chi connectivity index (χ1) is 9.24. The lowest BCUT2D eigenvalue weighted by molar-refractivity contribution is 0.893. The SMILES string of the molecule is Nc1cc(-c2cccc(Cl)c2)n(-c2ccccc2)n1. The van der Waals surface area contributed by atoms with E-state index in [1.54, 1.807) is 0 Å². The summed E-state index contributed by atoms with van der Waals surface area (Å²) in [5.74, 6) is 0.485. The highest BCUT2D eigenvalue weighted by Crippen LogP contribution is 2.26. The number of anilines is 1. The summed E-state index contributed by atoms with van der Waals surface area (Å²) in [7, 11) is 0. The molecule has 0 saturated heterocycles. The average molecular weight is 270 g/mol. The smallest absolute Gasteiger partial charge is 0.146 e.